The first-order chi connectivity index (χ1) is 10.7. The number of aromatic nitrogens is 3. The summed E-state index contributed by atoms with van der Waals surface area (Å²) >= 11 is 0. The number of hydrogen-bond acceptors (Lipinski definition) is 4. The van der Waals surface area contributed by atoms with Gasteiger partial charge in [-0.05, 0) is 25.2 Å². The molecular formula is C17H33N3O2. The van der Waals surface area contributed by atoms with Crippen LogP contribution in [0.5, 0.6) is 0 Å². The lowest BCUT2D eigenvalue weighted by Crippen LogP contribution is -2.10. The van der Waals surface area contributed by atoms with E-state index < -0.39 is 0 Å². The Morgan fingerprint density at radius 3 is 2.55 bits per heavy atom. The molecule has 0 bridgehead atoms. The fraction of sp³-hybridized carbons (Fsp3) is 0.882. The first-order valence-corrected chi connectivity index (χ1v) is 8.77. The average Bonchev–Trinajstić information content (AvgIpc) is 2.94. The topological polar surface area (TPSA) is 49.2 Å². The van der Waals surface area contributed by atoms with Crippen molar-refractivity contribution in [2.45, 2.75) is 65.8 Å². The van der Waals surface area contributed by atoms with Crippen LogP contribution in [-0.4, -0.2) is 41.4 Å². The minimum absolute atomic E-state index is 0.653. The second-order valence-corrected chi connectivity index (χ2v) is 6.19. The van der Waals surface area contributed by atoms with Gasteiger partial charge in [0.1, 0.15) is 0 Å². The summed E-state index contributed by atoms with van der Waals surface area (Å²) in [6, 6.07) is 0. The molecule has 0 spiro atoms. The van der Waals surface area contributed by atoms with Crippen molar-refractivity contribution in [2.24, 2.45) is 5.92 Å². The van der Waals surface area contributed by atoms with Crippen molar-refractivity contribution >= 4 is 0 Å². The normalized spacial score (nSPS) is 11.5. The van der Waals surface area contributed by atoms with Gasteiger partial charge in [0.25, 0.3) is 0 Å². The lowest BCUT2D eigenvalue weighted by Gasteiger charge is -2.05. The molecule has 0 saturated heterocycles. The lowest BCUT2D eigenvalue weighted by atomic mass is 10.0. The van der Waals surface area contributed by atoms with Crippen LogP contribution in [0.1, 0.15) is 58.6 Å². The Kier molecular flexibility index (Phi) is 10.9. The second-order valence-electron chi connectivity index (χ2n) is 6.19. The largest absolute Gasteiger partial charge is 0.379 e. The molecule has 0 saturated carbocycles. The summed E-state index contributed by atoms with van der Waals surface area (Å²) in [5, 5.41) is 8.36. The summed E-state index contributed by atoms with van der Waals surface area (Å²) in [4.78, 5) is 0. The minimum atomic E-state index is 0.653. The van der Waals surface area contributed by atoms with Gasteiger partial charge in [-0.2, -0.15) is 0 Å². The monoisotopic (exact) mass is 311 g/mol. The third-order valence-electron chi connectivity index (χ3n) is 3.53. The fourth-order valence-electron chi connectivity index (χ4n) is 2.15. The lowest BCUT2D eigenvalue weighted by molar-refractivity contribution is 0.0429. The predicted molar refractivity (Wildman–Crippen MR) is 89.0 cm³/mol. The van der Waals surface area contributed by atoms with Crippen LogP contribution in [0.3, 0.4) is 0 Å². The smallest absolute Gasteiger partial charge is 0.0827 e. The van der Waals surface area contributed by atoms with Crippen molar-refractivity contribution in [1.82, 2.24) is 15.0 Å². The van der Waals surface area contributed by atoms with Crippen LogP contribution in [-0.2, 0) is 22.4 Å². The third kappa shape index (κ3) is 9.90. The van der Waals surface area contributed by atoms with E-state index in [0.29, 0.717) is 19.8 Å². The van der Waals surface area contributed by atoms with E-state index in [1.54, 1.807) is 0 Å². The molecule has 0 aliphatic heterocycles. The van der Waals surface area contributed by atoms with Gasteiger partial charge in [0, 0.05) is 12.8 Å². The Hall–Kier alpha value is -0.940. The van der Waals surface area contributed by atoms with Crippen LogP contribution in [0.15, 0.2) is 6.20 Å². The highest BCUT2D eigenvalue weighted by atomic mass is 16.5. The zero-order valence-corrected chi connectivity index (χ0v) is 14.6. The van der Waals surface area contributed by atoms with E-state index in [2.05, 4.69) is 31.1 Å². The summed E-state index contributed by atoms with van der Waals surface area (Å²) in [5.74, 6) is 0.791. The molecule has 1 heterocycles. The van der Waals surface area contributed by atoms with Crippen LogP contribution in [0.2, 0.25) is 0 Å². The van der Waals surface area contributed by atoms with Gasteiger partial charge in [-0.15, -0.1) is 5.10 Å². The van der Waals surface area contributed by atoms with Crippen LogP contribution in [0, 0.1) is 5.92 Å². The number of rotatable bonds is 14. The third-order valence-corrected chi connectivity index (χ3v) is 3.53. The molecule has 0 fully saturated rings. The quantitative estimate of drug-likeness (QED) is 0.494. The molecule has 0 unspecified atom stereocenters. The van der Waals surface area contributed by atoms with E-state index in [4.69, 9.17) is 9.47 Å². The average molecular weight is 311 g/mol. The molecule has 5 heteroatoms. The van der Waals surface area contributed by atoms with Crippen molar-refractivity contribution in [3.05, 3.63) is 11.9 Å². The number of nitrogens with zero attached hydrogens (tertiary/aromatic N) is 3. The minimum Gasteiger partial charge on any atom is -0.379 e. The molecule has 128 valence electrons. The molecule has 0 amide bonds. The molecule has 5 nitrogen and oxygen atoms in total. The van der Waals surface area contributed by atoms with Gasteiger partial charge in [-0.25, -0.2) is 4.68 Å². The summed E-state index contributed by atoms with van der Waals surface area (Å²) in [7, 11) is 0. The highest BCUT2D eigenvalue weighted by Gasteiger charge is 2.01. The SMILES string of the molecule is CCCCOCCOCCn1cc(CCCCC(C)C)nn1. The summed E-state index contributed by atoms with van der Waals surface area (Å²) in [6.45, 7) is 10.3. The fourth-order valence-corrected chi connectivity index (χ4v) is 2.15. The van der Waals surface area contributed by atoms with E-state index in [-0.39, 0.29) is 0 Å². The Morgan fingerprint density at radius 2 is 1.82 bits per heavy atom. The zero-order chi connectivity index (χ0) is 16.0. The Labute approximate surface area is 135 Å². The molecule has 0 radical (unpaired) electrons. The van der Waals surface area contributed by atoms with Crippen molar-refractivity contribution in [3.8, 4) is 0 Å². The number of unbranched alkanes of at least 4 members (excludes halogenated alkanes) is 2. The Balaban J connectivity index is 2.00. The maximum absolute atomic E-state index is 5.54. The van der Waals surface area contributed by atoms with Crippen LogP contribution >= 0.6 is 0 Å². The first-order valence-electron chi connectivity index (χ1n) is 8.77. The number of hydrogen-bond donors (Lipinski definition) is 0. The molecule has 1 aromatic heterocycles. The molecule has 1 aromatic rings. The molecule has 22 heavy (non-hydrogen) atoms. The zero-order valence-electron chi connectivity index (χ0n) is 14.6. The van der Waals surface area contributed by atoms with Crippen molar-refractivity contribution in [3.63, 3.8) is 0 Å². The van der Waals surface area contributed by atoms with Gasteiger partial charge >= 0.3 is 0 Å². The molecule has 0 aliphatic rings. The van der Waals surface area contributed by atoms with Crippen molar-refractivity contribution < 1.29 is 9.47 Å². The van der Waals surface area contributed by atoms with Gasteiger partial charge in [-0.3, -0.25) is 0 Å². The van der Waals surface area contributed by atoms with E-state index >= 15 is 0 Å². The van der Waals surface area contributed by atoms with Crippen LogP contribution < -0.4 is 0 Å². The Bertz CT molecular complexity index is 367. The van der Waals surface area contributed by atoms with Gasteiger partial charge in [0.15, 0.2) is 0 Å². The standard InChI is InChI=1S/C17H33N3O2/c1-4-5-11-21-13-14-22-12-10-20-15-17(18-19-20)9-7-6-8-16(2)3/h15-16H,4-14H2,1-3H3. The van der Waals surface area contributed by atoms with Gasteiger partial charge in [0.05, 0.1) is 32.1 Å². The highest BCUT2D eigenvalue weighted by molar-refractivity contribution is 4.92. The highest BCUT2D eigenvalue weighted by Crippen LogP contribution is 2.09. The van der Waals surface area contributed by atoms with Gasteiger partial charge in [-0.1, -0.05) is 45.2 Å². The summed E-state index contributed by atoms with van der Waals surface area (Å²) in [5.41, 5.74) is 1.09. The molecule has 0 aromatic carbocycles. The molecule has 0 aliphatic carbocycles. The maximum atomic E-state index is 5.54. The summed E-state index contributed by atoms with van der Waals surface area (Å²) < 4.78 is 12.9. The first kappa shape index (κ1) is 19.1. The van der Waals surface area contributed by atoms with Gasteiger partial charge < -0.3 is 9.47 Å². The number of ether oxygens (including phenoxy) is 2. The maximum Gasteiger partial charge on any atom is 0.0827 e. The number of aryl methyl sites for hydroxylation is 1. The van der Waals surface area contributed by atoms with Crippen LogP contribution in [0.25, 0.3) is 0 Å². The molecular weight excluding hydrogens is 278 g/mol. The molecule has 1 rings (SSSR count). The molecule has 0 N–H and O–H groups in total. The van der Waals surface area contributed by atoms with Crippen molar-refractivity contribution in [2.75, 3.05) is 26.4 Å². The van der Waals surface area contributed by atoms with E-state index in [9.17, 15) is 0 Å². The second kappa shape index (κ2) is 12.6. The summed E-state index contributed by atoms with van der Waals surface area (Å²) in [6.07, 6.45) is 9.12. The van der Waals surface area contributed by atoms with E-state index in [0.717, 1.165) is 37.6 Å². The Morgan fingerprint density at radius 1 is 1.05 bits per heavy atom. The van der Waals surface area contributed by atoms with E-state index in [1.165, 1.54) is 25.7 Å². The predicted octanol–water partition coefficient (Wildman–Crippen LogP) is 3.48. The van der Waals surface area contributed by atoms with Crippen LogP contribution in [0.4, 0.5) is 0 Å². The molecule has 0 atom stereocenters. The van der Waals surface area contributed by atoms with Crippen molar-refractivity contribution in [1.29, 1.82) is 0 Å². The van der Waals surface area contributed by atoms with Gasteiger partial charge in [0.2, 0.25) is 0 Å². The van der Waals surface area contributed by atoms with E-state index in [1.807, 2.05) is 10.9 Å².